The van der Waals surface area contributed by atoms with Crippen LogP contribution in [0.5, 0.6) is 0 Å². The lowest BCUT2D eigenvalue weighted by Gasteiger charge is -2.52. The van der Waals surface area contributed by atoms with Gasteiger partial charge in [-0.2, -0.15) is 0 Å². The number of hydrogen-bond donors (Lipinski definition) is 2. The summed E-state index contributed by atoms with van der Waals surface area (Å²) in [5, 5.41) is 19.8. The fraction of sp³-hybridized carbons (Fsp3) is 0.355. The largest absolute Gasteiger partial charge is 0.389 e. The minimum atomic E-state index is -0.592. The van der Waals surface area contributed by atoms with E-state index < -0.39 is 11.1 Å². The first kappa shape index (κ1) is 23.9. The summed E-state index contributed by atoms with van der Waals surface area (Å²) < 4.78 is 7.56. The lowest BCUT2D eigenvalue weighted by atomic mass is 9.60. The van der Waals surface area contributed by atoms with Gasteiger partial charge in [-0.05, 0) is 49.3 Å². The van der Waals surface area contributed by atoms with Crippen LogP contribution in [0.2, 0.25) is 0 Å². The summed E-state index contributed by atoms with van der Waals surface area (Å²) in [5.41, 5.74) is 12.5. The lowest BCUT2D eigenvalue weighted by molar-refractivity contribution is -0.106. The molecule has 9 heteroatoms. The number of fused-ring (bicyclic) bond motifs is 3. The van der Waals surface area contributed by atoms with Crippen LogP contribution in [0.3, 0.4) is 0 Å². The van der Waals surface area contributed by atoms with E-state index in [1.807, 2.05) is 34.7 Å². The van der Waals surface area contributed by atoms with E-state index in [1.54, 1.807) is 0 Å². The van der Waals surface area contributed by atoms with Crippen molar-refractivity contribution in [1.82, 2.24) is 24.6 Å². The Morgan fingerprint density at radius 1 is 0.825 bits per heavy atom. The number of nitrogens with zero attached hydrogens (tertiary/aromatic N) is 6. The van der Waals surface area contributed by atoms with E-state index in [1.165, 1.54) is 0 Å². The van der Waals surface area contributed by atoms with Crippen LogP contribution in [-0.2, 0) is 10.3 Å². The number of ether oxygens (including phenoxy) is 1. The van der Waals surface area contributed by atoms with Crippen molar-refractivity contribution in [3.8, 4) is 22.5 Å². The van der Waals surface area contributed by atoms with Crippen LogP contribution < -0.4 is 10.6 Å². The molecule has 0 spiro atoms. The molecule has 40 heavy (non-hydrogen) atoms. The van der Waals surface area contributed by atoms with Crippen molar-refractivity contribution in [2.45, 2.75) is 36.8 Å². The summed E-state index contributed by atoms with van der Waals surface area (Å²) >= 11 is 0. The maximum absolute atomic E-state index is 10.9. The zero-order valence-electron chi connectivity index (χ0n) is 22.2. The third-order valence-corrected chi connectivity index (χ3v) is 8.83. The number of anilines is 1. The van der Waals surface area contributed by atoms with Gasteiger partial charge in [-0.15, -0.1) is 10.2 Å². The van der Waals surface area contributed by atoms with E-state index in [0.717, 1.165) is 76.8 Å². The number of aromatic nitrogens is 5. The first-order valence-corrected chi connectivity index (χ1v) is 14.1. The van der Waals surface area contributed by atoms with Crippen molar-refractivity contribution in [3.63, 3.8) is 0 Å². The molecule has 0 atom stereocenters. The molecule has 3 fully saturated rings. The number of hydrogen-bond acceptors (Lipinski definition) is 8. The molecular weight excluding hydrogens is 502 g/mol. The molecule has 3 N–H and O–H groups in total. The van der Waals surface area contributed by atoms with Gasteiger partial charge >= 0.3 is 0 Å². The number of morpholine rings is 1. The topological polar surface area (TPSA) is 115 Å². The van der Waals surface area contributed by atoms with Gasteiger partial charge in [0.25, 0.3) is 0 Å². The predicted octanol–water partition coefficient (Wildman–Crippen LogP) is 3.93. The van der Waals surface area contributed by atoms with Crippen LogP contribution in [-0.4, -0.2) is 61.6 Å². The van der Waals surface area contributed by atoms with Crippen molar-refractivity contribution >= 4 is 22.8 Å². The summed E-state index contributed by atoms with van der Waals surface area (Å²) in [6.45, 7) is 2.82. The second-order valence-corrected chi connectivity index (χ2v) is 11.6. The second kappa shape index (κ2) is 8.79. The summed E-state index contributed by atoms with van der Waals surface area (Å²) in [4.78, 5) is 12.6. The molecule has 0 bridgehead atoms. The summed E-state index contributed by atoms with van der Waals surface area (Å²) in [5.74, 6) is 1.18. The number of nitrogens with two attached hydrogens (primary N) is 1. The van der Waals surface area contributed by atoms with E-state index >= 15 is 0 Å². The quantitative estimate of drug-likeness (QED) is 0.349. The molecule has 4 heterocycles. The molecule has 2 aromatic carbocycles. The van der Waals surface area contributed by atoms with Crippen LogP contribution in [0.1, 0.15) is 31.2 Å². The average Bonchev–Trinajstić information content (AvgIpc) is 3.76. The zero-order chi connectivity index (χ0) is 26.9. The number of aliphatic hydroxyl groups is 1. The SMILES string of the molecule is N[C@]1(c2ccc(-c3nc4ccc5nnc(N6CCOCC6)n5c4nc3-c3ccccc3)cc2)C[C@](O)(C2CC2)C1. The van der Waals surface area contributed by atoms with Crippen LogP contribution in [0, 0.1) is 5.92 Å². The molecule has 1 saturated heterocycles. The van der Waals surface area contributed by atoms with Gasteiger partial charge in [0.2, 0.25) is 5.95 Å². The first-order valence-electron chi connectivity index (χ1n) is 14.1. The minimum absolute atomic E-state index is 0.422. The molecular formula is C31H31N7O2. The fourth-order valence-corrected chi connectivity index (χ4v) is 6.55. The van der Waals surface area contributed by atoms with Gasteiger partial charge in [-0.25, -0.2) is 14.4 Å². The summed E-state index contributed by atoms with van der Waals surface area (Å²) in [6, 6.07) is 22.4. The van der Waals surface area contributed by atoms with E-state index in [-0.39, 0.29) is 0 Å². The number of rotatable bonds is 5. The fourth-order valence-electron chi connectivity index (χ4n) is 6.55. The molecule has 9 nitrogen and oxygen atoms in total. The molecule has 3 aromatic heterocycles. The smallest absolute Gasteiger partial charge is 0.233 e. The number of pyridine rings is 1. The van der Waals surface area contributed by atoms with Crippen LogP contribution in [0.15, 0.2) is 66.7 Å². The van der Waals surface area contributed by atoms with E-state index in [4.69, 9.17) is 20.4 Å². The summed E-state index contributed by atoms with van der Waals surface area (Å²) in [7, 11) is 0. The minimum Gasteiger partial charge on any atom is -0.389 e. The molecule has 5 aromatic rings. The Morgan fingerprint density at radius 2 is 1.52 bits per heavy atom. The molecule has 8 rings (SSSR count). The van der Waals surface area contributed by atoms with Gasteiger partial charge in [0.05, 0.1) is 30.2 Å². The highest BCUT2D eigenvalue weighted by Crippen LogP contribution is 2.57. The van der Waals surface area contributed by atoms with E-state index in [9.17, 15) is 5.11 Å². The van der Waals surface area contributed by atoms with Crippen molar-refractivity contribution in [1.29, 1.82) is 0 Å². The number of benzene rings is 2. The third-order valence-electron chi connectivity index (χ3n) is 8.83. The monoisotopic (exact) mass is 533 g/mol. The molecule has 0 radical (unpaired) electrons. The standard InChI is InChI=1S/C31H31N7O2/c32-30(18-31(39,19-30)23-10-11-23)22-8-6-21(7-9-22)26-27(20-4-2-1-3-5-20)34-28-24(33-26)12-13-25-35-36-29(38(25)28)37-14-16-40-17-15-37/h1-9,12-13,23,39H,10-11,14-19,32H2/t30-,31-. The Kier molecular flexibility index (Phi) is 5.26. The van der Waals surface area contributed by atoms with Gasteiger partial charge < -0.3 is 20.5 Å². The normalized spacial score (nSPS) is 24.9. The van der Waals surface area contributed by atoms with Crippen molar-refractivity contribution in [2.75, 3.05) is 31.2 Å². The van der Waals surface area contributed by atoms with Crippen molar-refractivity contribution in [2.24, 2.45) is 11.7 Å². The Morgan fingerprint density at radius 3 is 2.25 bits per heavy atom. The molecule has 0 unspecified atom stereocenters. The van der Waals surface area contributed by atoms with Gasteiger partial charge in [0.1, 0.15) is 5.52 Å². The van der Waals surface area contributed by atoms with Crippen molar-refractivity contribution in [3.05, 3.63) is 72.3 Å². The molecule has 2 saturated carbocycles. The van der Waals surface area contributed by atoms with Gasteiger partial charge in [0.15, 0.2) is 11.3 Å². The highest BCUT2D eigenvalue weighted by atomic mass is 16.5. The maximum Gasteiger partial charge on any atom is 0.233 e. The Hall–Kier alpha value is -3.92. The zero-order valence-corrected chi connectivity index (χ0v) is 22.2. The van der Waals surface area contributed by atoms with E-state index in [2.05, 4.69) is 51.5 Å². The molecule has 3 aliphatic rings. The van der Waals surface area contributed by atoms with Crippen LogP contribution in [0.25, 0.3) is 39.3 Å². The van der Waals surface area contributed by atoms with Crippen LogP contribution in [0.4, 0.5) is 5.95 Å². The van der Waals surface area contributed by atoms with Gasteiger partial charge in [0, 0.05) is 29.8 Å². The average molecular weight is 534 g/mol. The maximum atomic E-state index is 10.9. The third kappa shape index (κ3) is 3.80. The molecule has 0 amide bonds. The first-order chi connectivity index (χ1) is 19.5. The molecule has 1 aliphatic heterocycles. The summed E-state index contributed by atoms with van der Waals surface area (Å²) in [6.07, 6.45) is 3.47. The van der Waals surface area contributed by atoms with Crippen molar-refractivity contribution < 1.29 is 9.84 Å². The van der Waals surface area contributed by atoms with Gasteiger partial charge in [-0.1, -0.05) is 54.6 Å². The van der Waals surface area contributed by atoms with E-state index in [0.29, 0.717) is 32.0 Å². The van der Waals surface area contributed by atoms with Crippen LogP contribution >= 0.6 is 0 Å². The Labute approximate surface area is 231 Å². The lowest BCUT2D eigenvalue weighted by Crippen LogP contribution is -2.60. The molecule has 202 valence electrons. The second-order valence-electron chi connectivity index (χ2n) is 11.6. The highest BCUT2D eigenvalue weighted by Gasteiger charge is 2.58. The Balaban J connectivity index is 1.24. The predicted molar refractivity (Wildman–Crippen MR) is 153 cm³/mol. The molecule has 2 aliphatic carbocycles. The highest BCUT2D eigenvalue weighted by molar-refractivity contribution is 5.86. The Bertz CT molecular complexity index is 1720. The van der Waals surface area contributed by atoms with Gasteiger partial charge in [-0.3, -0.25) is 0 Å².